The van der Waals surface area contributed by atoms with Crippen LogP contribution in [0.2, 0.25) is 0 Å². The fourth-order valence-electron chi connectivity index (χ4n) is 2.89. The molecule has 0 heterocycles. The van der Waals surface area contributed by atoms with Gasteiger partial charge in [0, 0.05) is 0 Å². The van der Waals surface area contributed by atoms with Crippen LogP contribution >= 0.6 is 0 Å². The van der Waals surface area contributed by atoms with E-state index < -0.39 is 0 Å². The van der Waals surface area contributed by atoms with Gasteiger partial charge in [0.05, 0.1) is 0 Å². The average molecular weight is 137 g/mol. The predicted octanol–water partition coefficient (Wildman–Crippen LogP) is 3.04. The molecular formula is C10H17-. The van der Waals surface area contributed by atoms with Gasteiger partial charge in [-0.2, -0.15) is 18.3 Å². The van der Waals surface area contributed by atoms with Crippen molar-refractivity contribution in [2.75, 3.05) is 0 Å². The number of hydrogen-bond donors (Lipinski definition) is 0. The molecular weight excluding hydrogens is 120 g/mol. The van der Waals surface area contributed by atoms with Crippen LogP contribution in [0.5, 0.6) is 0 Å². The van der Waals surface area contributed by atoms with Gasteiger partial charge in [-0.3, -0.25) is 0 Å². The van der Waals surface area contributed by atoms with Gasteiger partial charge in [-0.15, -0.1) is 0 Å². The van der Waals surface area contributed by atoms with Gasteiger partial charge in [0.2, 0.25) is 0 Å². The van der Waals surface area contributed by atoms with Crippen molar-refractivity contribution in [3.05, 3.63) is 5.92 Å². The summed E-state index contributed by atoms with van der Waals surface area (Å²) in [4.78, 5) is 0. The Morgan fingerprint density at radius 1 is 1.40 bits per heavy atom. The lowest BCUT2D eigenvalue weighted by molar-refractivity contribution is 0.287. The van der Waals surface area contributed by atoms with E-state index in [1.54, 1.807) is 5.92 Å². The Morgan fingerprint density at radius 2 is 2.10 bits per heavy atom. The second-order valence-electron chi connectivity index (χ2n) is 4.54. The van der Waals surface area contributed by atoms with E-state index in [1.807, 2.05) is 0 Å². The molecule has 0 amide bonds. The van der Waals surface area contributed by atoms with Crippen LogP contribution in [0.25, 0.3) is 0 Å². The van der Waals surface area contributed by atoms with Gasteiger partial charge < -0.3 is 5.92 Å². The van der Waals surface area contributed by atoms with E-state index in [0.29, 0.717) is 5.41 Å². The van der Waals surface area contributed by atoms with Crippen molar-refractivity contribution in [3.8, 4) is 0 Å². The van der Waals surface area contributed by atoms with E-state index >= 15 is 0 Å². The zero-order valence-corrected chi connectivity index (χ0v) is 7.28. The highest BCUT2D eigenvalue weighted by Crippen LogP contribution is 2.68. The molecule has 0 nitrogen and oxygen atoms in total. The largest absolute Gasteiger partial charge is 0.312 e. The highest BCUT2D eigenvalue weighted by Gasteiger charge is 2.45. The Labute approximate surface area is 64.0 Å². The van der Waals surface area contributed by atoms with Crippen LogP contribution < -0.4 is 0 Å². The molecule has 0 radical (unpaired) electrons. The SMILES string of the molecule is C[C-]1C2CCC(C)CC12C. The van der Waals surface area contributed by atoms with E-state index in [1.165, 1.54) is 19.3 Å². The predicted molar refractivity (Wildman–Crippen MR) is 43.5 cm³/mol. The third-order valence-corrected chi connectivity index (χ3v) is 3.83. The first kappa shape index (κ1) is 6.69. The minimum Gasteiger partial charge on any atom is -0.312 e. The van der Waals surface area contributed by atoms with E-state index in [9.17, 15) is 0 Å². The Bertz CT molecular complexity index is 150. The van der Waals surface area contributed by atoms with Crippen LogP contribution in [0.15, 0.2) is 0 Å². The lowest BCUT2D eigenvalue weighted by Gasteiger charge is -2.29. The Morgan fingerprint density at radius 3 is 2.60 bits per heavy atom. The normalized spacial score (nSPS) is 54.3. The maximum Gasteiger partial charge on any atom is -0.0464 e. The first-order chi connectivity index (χ1) is 4.64. The molecule has 10 heavy (non-hydrogen) atoms. The summed E-state index contributed by atoms with van der Waals surface area (Å²) in [5.41, 5.74) is 0.692. The molecule has 0 aromatic rings. The number of rotatable bonds is 0. The minimum atomic E-state index is 0.692. The molecule has 2 rings (SSSR count). The Balaban J connectivity index is 2.08. The van der Waals surface area contributed by atoms with Crippen LogP contribution in [0, 0.1) is 23.2 Å². The third-order valence-electron chi connectivity index (χ3n) is 3.83. The van der Waals surface area contributed by atoms with Crippen LogP contribution in [0.3, 0.4) is 0 Å². The highest BCUT2D eigenvalue weighted by atomic mass is 14.6. The Kier molecular flexibility index (Phi) is 1.19. The first-order valence-corrected chi connectivity index (χ1v) is 4.48. The summed E-state index contributed by atoms with van der Waals surface area (Å²) in [5.74, 6) is 3.79. The van der Waals surface area contributed by atoms with Crippen molar-refractivity contribution < 1.29 is 0 Å². The summed E-state index contributed by atoms with van der Waals surface area (Å²) in [6.07, 6.45) is 4.41. The smallest absolute Gasteiger partial charge is 0.0464 e. The van der Waals surface area contributed by atoms with Gasteiger partial charge in [-0.1, -0.05) is 33.1 Å². The van der Waals surface area contributed by atoms with Gasteiger partial charge in [0.25, 0.3) is 0 Å². The van der Waals surface area contributed by atoms with Crippen molar-refractivity contribution >= 4 is 0 Å². The van der Waals surface area contributed by atoms with Crippen LogP contribution in [0.1, 0.15) is 40.0 Å². The number of hydrogen-bond acceptors (Lipinski definition) is 0. The molecule has 0 spiro atoms. The molecule has 3 atom stereocenters. The van der Waals surface area contributed by atoms with E-state index in [0.717, 1.165) is 11.8 Å². The fourth-order valence-corrected chi connectivity index (χ4v) is 2.89. The summed E-state index contributed by atoms with van der Waals surface area (Å²) in [7, 11) is 0. The molecule has 0 aromatic heterocycles. The lowest BCUT2D eigenvalue weighted by atomic mass is 9.83. The topological polar surface area (TPSA) is 0 Å². The molecule has 2 saturated carbocycles. The Hall–Kier alpha value is 0. The molecule has 3 unspecified atom stereocenters. The second-order valence-corrected chi connectivity index (χ2v) is 4.54. The van der Waals surface area contributed by atoms with Gasteiger partial charge in [0.1, 0.15) is 0 Å². The molecule has 2 aliphatic rings. The van der Waals surface area contributed by atoms with Crippen LogP contribution in [0.4, 0.5) is 0 Å². The molecule has 0 bridgehead atoms. The molecule has 0 heteroatoms. The van der Waals surface area contributed by atoms with Gasteiger partial charge in [-0.05, 0) is 5.92 Å². The first-order valence-electron chi connectivity index (χ1n) is 4.48. The number of fused-ring (bicyclic) bond motifs is 1. The molecule has 0 saturated heterocycles. The summed E-state index contributed by atoms with van der Waals surface area (Å²) >= 11 is 0. The van der Waals surface area contributed by atoms with Crippen molar-refractivity contribution in [3.63, 3.8) is 0 Å². The van der Waals surface area contributed by atoms with E-state index in [-0.39, 0.29) is 0 Å². The van der Waals surface area contributed by atoms with Crippen molar-refractivity contribution in [2.24, 2.45) is 17.3 Å². The van der Waals surface area contributed by atoms with Gasteiger partial charge in [-0.25, -0.2) is 0 Å². The minimum absolute atomic E-state index is 0.692. The third kappa shape index (κ3) is 0.681. The highest BCUT2D eigenvalue weighted by molar-refractivity contribution is 5.28. The standard InChI is InChI=1S/C10H17/c1-7-4-5-9-8(2)10(9,3)6-7/h7,9H,4-6H2,1-3H3/q-1. The second kappa shape index (κ2) is 1.78. The molecule has 58 valence electrons. The average Bonchev–Trinajstić information content (AvgIpc) is 2.35. The molecule has 2 aliphatic carbocycles. The molecule has 0 aromatic carbocycles. The van der Waals surface area contributed by atoms with E-state index in [2.05, 4.69) is 20.8 Å². The summed E-state index contributed by atoms with van der Waals surface area (Å²) in [6.45, 7) is 7.19. The lowest BCUT2D eigenvalue weighted by Crippen LogP contribution is -2.12. The molecule has 2 fully saturated rings. The zero-order valence-electron chi connectivity index (χ0n) is 7.28. The van der Waals surface area contributed by atoms with Crippen LogP contribution in [-0.4, -0.2) is 0 Å². The van der Waals surface area contributed by atoms with Crippen molar-refractivity contribution in [1.82, 2.24) is 0 Å². The maximum absolute atomic E-state index is 2.45. The van der Waals surface area contributed by atoms with Gasteiger partial charge in [0.15, 0.2) is 0 Å². The van der Waals surface area contributed by atoms with Gasteiger partial charge >= 0.3 is 0 Å². The summed E-state index contributed by atoms with van der Waals surface area (Å²) < 4.78 is 0. The van der Waals surface area contributed by atoms with Crippen LogP contribution in [-0.2, 0) is 0 Å². The molecule has 0 N–H and O–H groups in total. The summed E-state index contributed by atoms with van der Waals surface area (Å²) in [6, 6.07) is 0. The fraction of sp³-hybridized carbons (Fsp3) is 0.900. The quantitative estimate of drug-likeness (QED) is 0.450. The van der Waals surface area contributed by atoms with Crippen molar-refractivity contribution in [2.45, 2.75) is 40.0 Å². The summed E-state index contributed by atoms with van der Waals surface area (Å²) in [5, 5.41) is 0. The molecule has 0 aliphatic heterocycles. The zero-order chi connectivity index (χ0) is 7.35. The maximum atomic E-state index is 2.45. The van der Waals surface area contributed by atoms with Crippen molar-refractivity contribution in [1.29, 1.82) is 0 Å². The monoisotopic (exact) mass is 137 g/mol. The van der Waals surface area contributed by atoms with E-state index in [4.69, 9.17) is 0 Å².